The zero-order valence-electron chi connectivity index (χ0n) is 17.1. The van der Waals surface area contributed by atoms with Crippen molar-refractivity contribution in [3.63, 3.8) is 0 Å². The number of aryl methyl sites for hydroxylation is 1. The Morgan fingerprint density at radius 2 is 2.00 bits per heavy atom. The van der Waals surface area contributed by atoms with Crippen LogP contribution in [-0.4, -0.2) is 25.5 Å². The molecule has 0 bridgehead atoms. The molecule has 0 spiro atoms. The summed E-state index contributed by atoms with van der Waals surface area (Å²) >= 11 is 7.64. The van der Waals surface area contributed by atoms with Crippen molar-refractivity contribution < 1.29 is 19.1 Å². The summed E-state index contributed by atoms with van der Waals surface area (Å²) in [7, 11) is 1.53. The van der Waals surface area contributed by atoms with Gasteiger partial charge < -0.3 is 20.5 Å². The van der Waals surface area contributed by atoms with E-state index in [1.165, 1.54) is 24.5 Å². The molecule has 29 heavy (non-hydrogen) atoms. The highest BCUT2D eigenvalue weighted by Crippen LogP contribution is 2.37. The Balaban J connectivity index is 2.19. The molecule has 0 unspecified atom stereocenters. The lowest BCUT2D eigenvalue weighted by molar-refractivity contribution is -0.111. The van der Waals surface area contributed by atoms with Crippen molar-refractivity contribution in [3.05, 3.63) is 44.8 Å². The number of primary amides is 1. The van der Waals surface area contributed by atoms with Crippen molar-refractivity contribution in [2.75, 3.05) is 19.0 Å². The van der Waals surface area contributed by atoms with Gasteiger partial charge in [-0.3, -0.25) is 9.59 Å². The van der Waals surface area contributed by atoms with Crippen LogP contribution in [0, 0.1) is 19.8 Å². The maximum Gasteiger partial charge on any atom is 0.251 e. The smallest absolute Gasteiger partial charge is 0.251 e. The molecule has 2 amide bonds. The van der Waals surface area contributed by atoms with Crippen molar-refractivity contribution in [2.45, 2.75) is 27.7 Å². The Kier molecular flexibility index (Phi) is 7.70. The summed E-state index contributed by atoms with van der Waals surface area (Å²) in [6.07, 6.45) is 2.96. The summed E-state index contributed by atoms with van der Waals surface area (Å²) in [5.74, 6) is 0.344. The molecule has 1 aromatic carbocycles. The molecule has 0 fully saturated rings. The number of hydrogen-bond donors (Lipinski definition) is 2. The summed E-state index contributed by atoms with van der Waals surface area (Å²) in [4.78, 5) is 24.9. The number of hydrogen-bond acceptors (Lipinski definition) is 5. The van der Waals surface area contributed by atoms with Crippen LogP contribution >= 0.6 is 22.9 Å². The minimum atomic E-state index is -0.570. The zero-order valence-corrected chi connectivity index (χ0v) is 18.7. The maximum absolute atomic E-state index is 12.3. The van der Waals surface area contributed by atoms with Crippen molar-refractivity contribution in [1.29, 1.82) is 0 Å². The van der Waals surface area contributed by atoms with Gasteiger partial charge >= 0.3 is 0 Å². The van der Waals surface area contributed by atoms with Crippen molar-refractivity contribution in [2.24, 2.45) is 11.7 Å². The highest BCUT2D eigenvalue weighted by Gasteiger charge is 2.18. The van der Waals surface area contributed by atoms with E-state index in [0.29, 0.717) is 45.2 Å². The number of nitrogens with two attached hydrogens (primary N) is 1. The molecule has 156 valence electrons. The molecule has 8 heteroatoms. The van der Waals surface area contributed by atoms with Crippen LogP contribution in [0.25, 0.3) is 6.08 Å². The first kappa shape index (κ1) is 22.8. The van der Waals surface area contributed by atoms with Crippen LogP contribution in [-0.2, 0) is 4.79 Å². The van der Waals surface area contributed by atoms with Crippen molar-refractivity contribution in [1.82, 2.24) is 0 Å². The monoisotopic (exact) mass is 436 g/mol. The fourth-order valence-electron chi connectivity index (χ4n) is 2.56. The van der Waals surface area contributed by atoms with Gasteiger partial charge in [0, 0.05) is 11.0 Å². The van der Waals surface area contributed by atoms with Gasteiger partial charge in [0.1, 0.15) is 5.00 Å². The number of rotatable bonds is 8. The number of methoxy groups -OCH3 is 1. The number of carbonyl (C=O) groups excluding carboxylic acids is 2. The highest BCUT2D eigenvalue weighted by molar-refractivity contribution is 7.16. The Bertz CT molecular complexity index is 951. The average Bonchev–Trinajstić information content (AvgIpc) is 2.91. The first-order chi connectivity index (χ1) is 13.6. The summed E-state index contributed by atoms with van der Waals surface area (Å²) in [5, 5.41) is 3.55. The number of halogens is 1. The highest BCUT2D eigenvalue weighted by atomic mass is 35.5. The fraction of sp³-hybridized carbons (Fsp3) is 0.333. The standard InChI is InChI=1S/C21H25ClN2O4S/c1-11(2)10-28-19-15(22)8-14(9-16(19)27-5)6-7-17(25)24-21-18(20(23)26)12(3)13(4)29-21/h6-9,11H,10H2,1-5H3,(H2,23,26)(H,24,25)/b7-6+. The predicted octanol–water partition coefficient (Wildman–Crippen LogP) is 4.81. The SMILES string of the molecule is COc1cc(/C=C/C(=O)Nc2sc(C)c(C)c2C(N)=O)cc(Cl)c1OCC(C)C. The van der Waals surface area contributed by atoms with Gasteiger partial charge in [0.05, 0.1) is 24.3 Å². The van der Waals surface area contributed by atoms with E-state index in [2.05, 4.69) is 5.32 Å². The number of anilines is 1. The van der Waals surface area contributed by atoms with Crippen molar-refractivity contribution in [3.8, 4) is 11.5 Å². The second-order valence-electron chi connectivity index (χ2n) is 6.91. The number of ether oxygens (including phenoxy) is 2. The van der Waals surface area contributed by atoms with Gasteiger partial charge in [-0.05, 0) is 49.1 Å². The number of amides is 2. The number of thiophene rings is 1. The first-order valence-electron chi connectivity index (χ1n) is 9.03. The third kappa shape index (κ3) is 5.74. The molecule has 1 heterocycles. The third-order valence-electron chi connectivity index (χ3n) is 4.11. The second kappa shape index (κ2) is 9.80. The van der Waals surface area contributed by atoms with E-state index in [0.717, 1.165) is 10.4 Å². The van der Waals surface area contributed by atoms with Gasteiger partial charge in [0.25, 0.3) is 5.91 Å². The molecule has 0 saturated carbocycles. The minimum Gasteiger partial charge on any atom is -0.493 e. The van der Waals surface area contributed by atoms with Crippen LogP contribution in [0.3, 0.4) is 0 Å². The summed E-state index contributed by atoms with van der Waals surface area (Å²) < 4.78 is 11.1. The zero-order chi connectivity index (χ0) is 21.7. The first-order valence-corrected chi connectivity index (χ1v) is 10.2. The molecule has 6 nitrogen and oxygen atoms in total. The number of benzene rings is 1. The molecule has 2 aromatic rings. The molecule has 0 aliphatic rings. The van der Waals surface area contributed by atoms with E-state index >= 15 is 0 Å². The molecule has 0 radical (unpaired) electrons. The van der Waals surface area contributed by atoms with Gasteiger partial charge in [-0.1, -0.05) is 25.4 Å². The predicted molar refractivity (Wildman–Crippen MR) is 118 cm³/mol. The second-order valence-corrected chi connectivity index (χ2v) is 8.55. The van der Waals surface area contributed by atoms with E-state index in [9.17, 15) is 9.59 Å². The van der Waals surface area contributed by atoms with Gasteiger partial charge in [0.15, 0.2) is 11.5 Å². The molecule has 0 saturated heterocycles. The molecule has 0 aliphatic carbocycles. The summed E-state index contributed by atoms with van der Waals surface area (Å²) in [6, 6.07) is 3.43. The lowest BCUT2D eigenvalue weighted by Crippen LogP contribution is -2.16. The van der Waals surface area contributed by atoms with Gasteiger partial charge in [0.2, 0.25) is 5.91 Å². The maximum atomic E-state index is 12.3. The third-order valence-corrected chi connectivity index (χ3v) is 5.51. The van der Waals surface area contributed by atoms with Crippen LogP contribution in [0.1, 0.15) is 40.2 Å². The Morgan fingerprint density at radius 3 is 2.59 bits per heavy atom. The molecular weight excluding hydrogens is 412 g/mol. The largest absolute Gasteiger partial charge is 0.493 e. The molecule has 1 aromatic heterocycles. The molecular formula is C21H25ClN2O4S. The topological polar surface area (TPSA) is 90.6 Å². The number of carbonyl (C=O) groups is 2. The Labute approximate surface area is 179 Å². The van der Waals surface area contributed by atoms with Crippen LogP contribution in [0.5, 0.6) is 11.5 Å². The molecule has 0 atom stereocenters. The number of nitrogens with one attached hydrogen (secondary N) is 1. The van der Waals surface area contributed by atoms with E-state index in [-0.39, 0.29) is 5.91 Å². The molecule has 0 aliphatic heterocycles. The Morgan fingerprint density at radius 1 is 1.31 bits per heavy atom. The lowest BCUT2D eigenvalue weighted by atomic mass is 10.1. The average molecular weight is 437 g/mol. The normalized spacial score (nSPS) is 11.1. The van der Waals surface area contributed by atoms with Gasteiger partial charge in [-0.15, -0.1) is 11.3 Å². The summed E-state index contributed by atoms with van der Waals surface area (Å²) in [5.41, 5.74) is 7.22. The van der Waals surface area contributed by atoms with E-state index in [1.54, 1.807) is 25.1 Å². The summed E-state index contributed by atoms with van der Waals surface area (Å²) in [6.45, 7) is 8.26. The molecule has 3 N–H and O–H groups in total. The van der Waals surface area contributed by atoms with Crippen LogP contribution < -0.4 is 20.5 Å². The van der Waals surface area contributed by atoms with Crippen molar-refractivity contribution >= 4 is 45.8 Å². The van der Waals surface area contributed by atoms with Crippen LogP contribution in [0.2, 0.25) is 5.02 Å². The minimum absolute atomic E-state index is 0.339. The van der Waals surface area contributed by atoms with E-state index < -0.39 is 5.91 Å². The van der Waals surface area contributed by atoms with Crippen LogP contribution in [0.4, 0.5) is 5.00 Å². The van der Waals surface area contributed by atoms with Gasteiger partial charge in [-0.25, -0.2) is 0 Å². The van der Waals surface area contributed by atoms with E-state index in [1.807, 2.05) is 20.8 Å². The Hall–Kier alpha value is -2.51. The van der Waals surface area contributed by atoms with Crippen LogP contribution in [0.15, 0.2) is 18.2 Å². The fourth-order valence-corrected chi connectivity index (χ4v) is 3.91. The van der Waals surface area contributed by atoms with E-state index in [4.69, 9.17) is 26.8 Å². The lowest BCUT2D eigenvalue weighted by Gasteiger charge is -2.14. The molecule has 2 rings (SSSR count). The van der Waals surface area contributed by atoms with Gasteiger partial charge in [-0.2, -0.15) is 0 Å². The quantitative estimate of drug-likeness (QED) is 0.581.